The Kier molecular flexibility index (Phi) is 8.68. The van der Waals surface area contributed by atoms with Gasteiger partial charge in [0.2, 0.25) is 0 Å². The molecule has 21 heavy (non-hydrogen) atoms. The number of benzene rings is 1. The third kappa shape index (κ3) is 6.65. The first kappa shape index (κ1) is 18.2. The van der Waals surface area contributed by atoms with Gasteiger partial charge >= 0.3 is 0 Å². The molecule has 0 amide bonds. The molecule has 2 N–H and O–H groups in total. The van der Waals surface area contributed by atoms with Crippen LogP contribution >= 0.6 is 0 Å². The predicted octanol–water partition coefficient (Wildman–Crippen LogP) is 6.14. The Morgan fingerprint density at radius 2 is 1.29 bits per heavy atom. The third-order valence-corrected chi connectivity index (χ3v) is 4.48. The van der Waals surface area contributed by atoms with Gasteiger partial charge in [0.1, 0.15) is 0 Å². The number of unbranched alkanes of at least 4 members (excludes halogenated alkanes) is 7. The van der Waals surface area contributed by atoms with E-state index in [2.05, 4.69) is 39.8 Å². The zero-order valence-corrected chi connectivity index (χ0v) is 14.7. The molecule has 0 saturated heterocycles. The molecule has 0 heterocycles. The number of hydrogen-bond acceptors (Lipinski definition) is 1. The Morgan fingerprint density at radius 1 is 0.810 bits per heavy atom. The van der Waals surface area contributed by atoms with Crippen LogP contribution in [0.1, 0.15) is 93.0 Å². The number of rotatable bonds is 10. The van der Waals surface area contributed by atoms with Gasteiger partial charge in [-0.1, -0.05) is 76.0 Å². The van der Waals surface area contributed by atoms with Gasteiger partial charge < -0.3 is 5.73 Å². The van der Waals surface area contributed by atoms with Crippen molar-refractivity contribution in [3.8, 4) is 0 Å². The summed E-state index contributed by atoms with van der Waals surface area (Å²) in [6.45, 7) is 8.83. The van der Waals surface area contributed by atoms with Crippen LogP contribution in [0.3, 0.4) is 0 Å². The van der Waals surface area contributed by atoms with E-state index in [4.69, 9.17) is 5.73 Å². The van der Waals surface area contributed by atoms with Gasteiger partial charge in [-0.15, -0.1) is 0 Å². The van der Waals surface area contributed by atoms with Crippen molar-refractivity contribution in [2.45, 2.75) is 91.5 Å². The maximum Gasteiger partial charge on any atom is 0.0300 e. The summed E-state index contributed by atoms with van der Waals surface area (Å²) in [5.41, 5.74) is 11.9. The Labute approximate surface area is 132 Å². The van der Waals surface area contributed by atoms with Crippen molar-refractivity contribution >= 4 is 0 Å². The van der Waals surface area contributed by atoms with Crippen molar-refractivity contribution < 1.29 is 0 Å². The van der Waals surface area contributed by atoms with Crippen LogP contribution in [-0.2, 0) is 0 Å². The lowest BCUT2D eigenvalue weighted by Gasteiger charge is -2.18. The van der Waals surface area contributed by atoms with E-state index < -0.39 is 0 Å². The fourth-order valence-corrected chi connectivity index (χ4v) is 3.42. The molecule has 0 spiro atoms. The lowest BCUT2D eigenvalue weighted by molar-refractivity contribution is 0.534. The Hall–Kier alpha value is -0.820. The van der Waals surface area contributed by atoms with Crippen molar-refractivity contribution in [3.63, 3.8) is 0 Å². The molecule has 1 unspecified atom stereocenters. The average molecular weight is 290 g/mol. The van der Waals surface area contributed by atoms with E-state index in [9.17, 15) is 0 Å². The summed E-state index contributed by atoms with van der Waals surface area (Å²) in [7, 11) is 0. The van der Waals surface area contributed by atoms with Crippen LogP contribution in [0.15, 0.2) is 12.1 Å². The van der Waals surface area contributed by atoms with E-state index in [0.717, 1.165) is 6.42 Å². The molecule has 120 valence electrons. The van der Waals surface area contributed by atoms with Gasteiger partial charge in [0.15, 0.2) is 0 Å². The van der Waals surface area contributed by atoms with Crippen LogP contribution in [0.2, 0.25) is 0 Å². The van der Waals surface area contributed by atoms with Gasteiger partial charge in [-0.3, -0.25) is 0 Å². The fourth-order valence-electron chi connectivity index (χ4n) is 3.42. The molecule has 1 heteroatoms. The molecule has 0 aliphatic rings. The second-order valence-corrected chi connectivity index (χ2v) is 6.68. The average Bonchev–Trinajstić information content (AvgIpc) is 2.40. The summed E-state index contributed by atoms with van der Waals surface area (Å²) in [4.78, 5) is 0. The fraction of sp³-hybridized carbons (Fsp3) is 0.700. The highest BCUT2D eigenvalue weighted by Crippen LogP contribution is 2.25. The van der Waals surface area contributed by atoms with E-state index >= 15 is 0 Å². The quantitative estimate of drug-likeness (QED) is 0.514. The molecule has 0 saturated carbocycles. The topological polar surface area (TPSA) is 26.0 Å². The lowest BCUT2D eigenvalue weighted by atomic mass is 9.91. The zero-order chi connectivity index (χ0) is 15.7. The lowest BCUT2D eigenvalue weighted by Crippen LogP contribution is -2.13. The van der Waals surface area contributed by atoms with Gasteiger partial charge in [0, 0.05) is 6.04 Å². The second-order valence-electron chi connectivity index (χ2n) is 6.68. The predicted molar refractivity (Wildman–Crippen MR) is 94.8 cm³/mol. The standard InChI is InChI=1S/C20H35N/c1-5-6-7-8-9-10-11-12-13-19(21)20-17(3)14-16(2)15-18(20)4/h14-15,19H,5-13,21H2,1-4H3. The molecule has 1 atom stereocenters. The highest BCUT2D eigenvalue weighted by molar-refractivity contribution is 5.39. The minimum atomic E-state index is 0.214. The van der Waals surface area contributed by atoms with Crippen LogP contribution in [0.5, 0.6) is 0 Å². The second kappa shape index (κ2) is 10.00. The van der Waals surface area contributed by atoms with Crippen LogP contribution in [-0.4, -0.2) is 0 Å². The molecule has 0 radical (unpaired) electrons. The first-order valence-electron chi connectivity index (χ1n) is 8.89. The molecule has 0 bridgehead atoms. The normalized spacial score (nSPS) is 12.6. The molecule has 0 aromatic heterocycles. The van der Waals surface area contributed by atoms with Crippen LogP contribution in [0.25, 0.3) is 0 Å². The van der Waals surface area contributed by atoms with E-state index in [1.54, 1.807) is 0 Å². The summed E-state index contributed by atoms with van der Waals surface area (Å²) in [5.74, 6) is 0. The van der Waals surface area contributed by atoms with Crippen LogP contribution in [0.4, 0.5) is 0 Å². The van der Waals surface area contributed by atoms with Gasteiger partial charge in [-0.2, -0.15) is 0 Å². The molecule has 1 nitrogen and oxygen atoms in total. The summed E-state index contributed by atoms with van der Waals surface area (Å²) < 4.78 is 0. The van der Waals surface area contributed by atoms with Gasteiger partial charge in [-0.05, 0) is 43.9 Å². The largest absolute Gasteiger partial charge is 0.324 e. The summed E-state index contributed by atoms with van der Waals surface area (Å²) in [6.07, 6.45) is 12.1. The maximum atomic E-state index is 6.43. The van der Waals surface area contributed by atoms with E-state index in [1.807, 2.05) is 0 Å². The van der Waals surface area contributed by atoms with E-state index in [-0.39, 0.29) is 6.04 Å². The van der Waals surface area contributed by atoms with E-state index in [0.29, 0.717) is 0 Å². The highest BCUT2D eigenvalue weighted by Gasteiger charge is 2.12. The summed E-state index contributed by atoms with van der Waals surface area (Å²) >= 11 is 0. The Balaban J connectivity index is 2.27. The molecule has 0 aliphatic carbocycles. The Bertz CT molecular complexity index is 385. The SMILES string of the molecule is CCCCCCCCCCC(N)c1c(C)cc(C)cc1C. The summed E-state index contributed by atoms with van der Waals surface area (Å²) in [6, 6.07) is 4.73. The molecule has 1 aromatic carbocycles. The zero-order valence-electron chi connectivity index (χ0n) is 14.7. The molecule has 0 fully saturated rings. The maximum absolute atomic E-state index is 6.43. The van der Waals surface area contributed by atoms with Crippen molar-refractivity contribution in [2.24, 2.45) is 5.73 Å². The minimum absolute atomic E-state index is 0.214. The van der Waals surface area contributed by atoms with Gasteiger partial charge in [0.05, 0.1) is 0 Å². The number of nitrogens with two attached hydrogens (primary N) is 1. The molecule has 0 aliphatic heterocycles. The monoisotopic (exact) mass is 289 g/mol. The smallest absolute Gasteiger partial charge is 0.0300 e. The van der Waals surface area contributed by atoms with Crippen molar-refractivity contribution in [3.05, 3.63) is 34.4 Å². The van der Waals surface area contributed by atoms with Crippen molar-refractivity contribution in [1.82, 2.24) is 0 Å². The minimum Gasteiger partial charge on any atom is -0.324 e. The summed E-state index contributed by atoms with van der Waals surface area (Å²) in [5, 5.41) is 0. The molecule has 1 aromatic rings. The van der Waals surface area contributed by atoms with Crippen molar-refractivity contribution in [2.75, 3.05) is 0 Å². The van der Waals surface area contributed by atoms with Crippen molar-refractivity contribution in [1.29, 1.82) is 0 Å². The first-order valence-corrected chi connectivity index (χ1v) is 8.89. The molecular weight excluding hydrogens is 254 g/mol. The van der Waals surface area contributed by atoms with Gasteiger partial charge in [-0.25, -0.2) is 0 Å². The Morgan fingerprint density at radius 3 is 1.81 bits per heavy atom. The third-order valence-electron chi connectivity index (χ3n) is 4.48. The van der Waals surface area contributed by atoms with E-state index in [1.165, 1.54) is 73.6 Å². The number of aryl methyl sites for hydroxylation is 3. The van der Waals surface area contributed by atoms with Gasteiger partial charge in [0.25, 0.3) is 0 Å². The number of hydrogen-bond donors (Lipinski definition) is 1. The molecule has 1 rings (SSSR count). The van der Waals surface area contributed by atoms with Crippen LogP contribution < -0.4 is 5.73 Å². The first-order chi connectivity index (χ1) is 10.1. The molecular formula is C20H35N. The highest BCUT2D eigenvalue weighted by atomic mass is 14.6. The van der Waals surface area contributed by atoms with Crippen LogP contribution in [0, 0.1) is 20.8 Å².